The highest BCUT2D eigenvalue weighted by Crippen LogP contribution is 2.25. The van der Waals surface area contributed by atoms with Crippen LogP contribution in [0.25, 0.3) is 17.0 Å². The lowest BCUT2D eigenvalue weighted by molar-refractivity contribution is 0.228. The van der Waals surface area contributed by atoms with E-state index >= 15 is 0 Å². The zero-order chi connectivity index (χ0) is 20.3. The van der Waals surface area contributed by atoms with Gasteiger partial charge in [-0.25, -0.2) is 4.39 Å². The summed E-state index contributed by atoms with van der Waals surface area (Å²) < 4.78 is 21.9. The highest BCUT2D eigenvalue weighted by molar-refractivity contribution is 5.60. The summed E-state index contributed by atoms with van der Waals surface area (Å²) in [5, 5.41) is 13.0. The smallest absolute Gasteiger partial charge is 0.188 e. The highest BCUT2D eigenvalue weighted by atomic mass is 19.1. The Morgan fingerprint density at radius 1 is 0.967 bits per heavy atom. The molecule has 0 N–H and O–H groups in total. The normalized spacial score (nSPS) is 16.7. The van der Waals surface area contributed by atoms with Gasteiger partial charge in [-0.2, -0.15) is 4.52 Å². The maximum absolute atomic E-state index is 14.3. The Bertz CT molecular complexity index is 1150. The number of fused-ring (bicyclic) bond motifs is 1. The van der Waals surface area contributed by atoms with Crippen LogP contribution in [-0.2, 0) is 0 Å². The Balaban J connectivity index is 1.36. The fraction of sp³-hybridized carbons (Fsp3) is 0.261. The van der Waals surface area contributed by atoms with Crippen LogP contribution in [0.5, 0.6) is 5.75 Å². The van der Waals surface area contributed by atoms with E-state index in [1.54, 1.807) is 22.7 Å². The van der Waals surface area contributed by atoms with Crippen molar-refractivity contribution >= 4 is 11.5 Å². The third-order valence-corrected chi connectivity index (χ3v) is 5.44. The molecular formula is C23H22FN5O. The number of benzene rings is 2. The summed E-state index contributed by atoms with van der Waals surface area (Å²) in [6, 6.07) is 20.3. The molecule has 0 radical (unpaired) electrons. The van der Waals surface area contributed by atoms with Gasteiger partial charge in [0.1, 0.15) is 17.4 Å². The molecule has 6 nitrogen and oxygen atoms in total. The Kier molecular flexibility index (Phi) is 5.01. The van der Waals surface area contributed by atoms with Crippen LogP contribution in [-0.4, -0.2) is 39.5 Å². The van der Waals surface area contributed by atoms with Gasteiger partial charge in [-0.3, -0.25) is 0 Å². The SMILES string of the molecule is Fc1ccccc1-c1nnc2ccc(N3CCCC(COc4ccccc4)C3)nn12. The van der Waals surface area contributed by atoms with Gasteiger partial charge in [-0.15, -0.1) is 15.3 Å². The quantitative estimate of drug-likeness (QED) is 0.499. The number of para-hydroxylation sites is 1. The second kappa shape index (κ2) is 8.10. The van der Waals surface area contributed by atoms with Crippen molar-refractivity contribution in [1.29, 1.82) is 0 Å². The fourth-order valence-electron chi connectivity index (χ4n) is 3.90. The summed E-state index contributed by atoms with van der Waals surface area (Å²) in [6.45, 7) is 2.47. The van der Waals surface area contributed by atoms with Gasteiger partial charge >= 0.3 is 0 Å². The molecule has 7 heteroatoms. The van der Waals surface area contributed by atoms with Crippen LogP contribution in [0, 0.1) is 11.7 Å². The number of ether oxygens (including phenoxy) is 1. The van der Waals surface area contributed by atoms with E-state index in [-0.39, 0.29) is 5.82 Å². The standard InChI is InChI=1S/C23H22FN5O/c24-20-11-5-4-10-19(20)23-26-25-21-12-13-22(27-29(21)23)28-14-6-7-17(15-28)16-30-18-8-2-1-3-9-18/h1-5,8-13,17H,6-7,14-16H2. The number of piperidine rings is 1. The minimum atomic E-state index is -0.338. The molecule has 0 bridgehead atoms. The molecule has 4 aromatic rings. The van der Waals surface area contributed by atoms with Crippen LogP contribution in [0.3, 0.4) is 0 Å². The Morgan fingerprint density at radius 3 is 2.67 bits per heavy atom. The number of aromatic nitrogens is 4. The van der Waals surface area contributed by atoms with Gasteiger partial charge in [-0.1, -0.05) is 30.3 Å². The molecule has 2 aromatic carbocycles. The zero-order valence-electron chi connectivity index (χ0n) is 16.5. The molecule has 2 aromatic heterocycles. The molecule has 30 heavy (non-hydrogen) atoms. The highest BCUT2D eigenvalue weighted by Gasteiger charge is 2.23. The first kappa shape index (κ1) is 18.5. The van der Waals surface area contributed by atoms with E-state index in [9.17, 15) is 4.39 Å². The van der Waals surface area contributed by atoms with Crippen molar-refractivity contribution in [3.05, 3.63) is 72.5 Å². The lowest BCUT2D eigenvalue weighted by Gasteiger charge is -2.33. The Morgan fingerprint density at radius 2 is 1.80 bits per heavy atom. The molecule has 1 saturated heterocycles. The first-order valence-corrected chi connectivity index (χ1v) is 10.2. The first-order valence-electron chi connectivity index (χ1n) is 10.2. The van der Waals surface area contributed by atoms with Crippen LogP contribution in [0.15, 0.2) is 66.7 Å². The second-order valence-electron chi connectivity index (χ2n) is 7.54. The average molecular weight is 403 g/mol. The maximum atomic E-state index is 14.3. The lowest BCUT2D eigenvalue weighted by Crippen LogP contribution is -2.38. The van der Waals surface area contributed by atoms with E-state index < -0.39 is 0 Å². The van der Waals surface area contributed by atoms with Crippen molar-refractivity contribution in [2.45, 2.75) is 12.8 Å². The van der Waals surface area contributed by atoms with Crippen LogP contribution >= 0.6 is 0 Å². The summed E-state index contributed by atoms with van der Waals surface area (Å²) in [5.41, 5.74) is 0.986. The maximum Gasteiger partial charge on any atom is 0.188 e. The van der Waals surface area contributed by atoms with Gasteiger partial charge in [0.15, 0.2) is 11.5 Å². The summed E-state index contributed by atoms with van der Waals surface area (Å²) in [7, 11) is 0. The third-order valence-electron chi connectivity index (χ3n) is 5.44. The van der Waals surface area contributed by atoms with Gasteiger partial charge in [0.2, 0.25) is 0 Å². The van der Waals surface area contributed by atoms with E-state index in [1.165, 1.54) is 6.07 Å². The minimum absolute atomic E-state index is 0.338. The van der Waals surface area contributed by atoms with E-state index in [4.69, 9.17) is 9.84 Å². The number of halogens is 1. The number of rotatable bonds is 5. The largest absolute Gasteiger partial charge is 0.493 e. The number of hydrogen-bond acceptors (Lipinski definition) is 5. The number of hydrogen-bond donors (Lipinski definition) is 0. The van der Waals surface area contributed by atoms with E-state index in [0.717, 1.165) is 37.5 Å². The minimum Gasteiger partial charge on any atom is -0.493 e. The van der Waals surface area contributed by atoms with Crippen molar-refractivity contribution < 1.29 is 9.13 Å². The van der Waals surface area contributed by atoms with Gasteiger partial charge < -0.3 is 9.64 Å². The van der Waals surface area contributed by atoms with Gasteiger partial charge in [-0.05, 0) is 49.2 Å². The molecule has 0 aliphatic carbocycles. The molecule has 1 aliphatic rings. The van der Waals surface area contributed by atoms with Crippen molar-refractivity contribution in [3.8, 4) is 17.1 Å². The van der Waals surface area contributed by atoms with E-state index in [1.807, 2.05) is 42.5 Å². The molecule has 0 spiro atoms. The fourth-order valence-corrected chi connectivity index (χ4v) is 3.90. The van der Waals surface area contributed by atoms with E-state index in [2.05, 4.69) is 15.1 Å². The summed E-state index contributed by atoms with van der Waals surface area (Å²) >= 11 is 0. The number of anilines is 1. The van der Waals surface area contributed by atoms with Crippen LogP contribution in [0.2, 0.25) is 0 Å². The molecule has 0 amide bonds. The third kappa shape index (κ3) is 3.70. The summed E-state index contributed by atoms with van der Waals surface area (Å²) in [4.78, 5) is 2.26. The lowest BCUT2D eigenvalue weighted by atomic mass is 9.99. The number of nitrogens with zero attached hydrogens (tertiary/aromatic N) is 5. The molecule has 1 fully saturated rings. The second-order valence-corrected chi connectivity index (χ2v) is 7.54. The predicted molar refractivity (Wildman–Crippen MR) is 113 cm³/mol. The molecule has 1 aliphatic heterocycles. The topological polar surface area (TPSA) is 55.5 Å². The monoisotopic (exact) mass is 403 g/mol. The molecular weight excluding hydrogens is 381 g/mol. The predicted octanol–water partition coefficient (Wildman–Crippen LogP) is 4.23. The molecule has 152 valence electrons. The van der Waals surface area contributed by atoms with Crippen LogP contribution in [0.4, 0.5) is 10.2 Å². The zero-order valence-corrected chi connectivity index (χ0v) is 16.5. The first-order chi connectivity index (χ1) is 14.8. The van der Waals surface area contributed by atoms with Gasteiger partial charge in [0, 0.05) is 19.0 Å². The molecule has 1 atom stereocenters. The average Bonchev–Trinajstić information content (AvgIpc) is 3.22. The molecule has 3 heterocycles. The van der Waals surface area contributed by atoms with Crippen LogP contribution in [0.1, 0.15) is 12.8 Å². The Hall–Kier alpha value is -3.48. The van der Waals surface area contributed by atoms with Crippen molar-refractivity contribution in [2.75, 3.05) is 24.6 Å². The summed E-state index contributed by atoms with van der Waals surface area (Å²) in [5.74, 6) is 2.22. The molecule has 1 unspecified atom stereocenters. The van der Waals surface area contributed by atoms with Crippen molar-refractivity contribution in [3.63, 3.8) is 0 Å². The van der Waals surface area contributed by atoms with Crippen LogP contribution < -0.4 is 9.64 Å². The molecule has 5 rings (SSSR count). The van der Waals surface area contributed by atoms with Crippen molar-refractivity contribution in [1.82, 2.24) is 19.8 Å². The Labute approximate surface area is 173 Å². The van der Waals surface area contributed by atoms with Crippen molar-refractivity contribution in [2.24, 2.45) is 5.92 Å². The molecule has 0 saturated carbocycles. The van der Waals surface area contributed by atoms with Gasteiger partial charge in [0.25, 0.3) is 0 Å². The summed E-state index contributed by atoms with van der Waals surface area (Å²) in [6.07, 6.45) is 2.20. The van der Waals surface area contributed by atoms with E-state index in [0.29, 0.717) is 29.6 Å². The van der Waals surface area contributed by atoms with Gasteiger partial charge in [0.05, 0.1) is 12.2 Å².